The maximum atomic E-state index is 12.9. The number of aromatic nitrogens is 2. The van der Waals surface area contributed by atoms with Crippen LogP contribution in [0.15, 0.2) is 0 Å². The smallest absolute Gasteiger partial charge is 0.257 e. The molecule has 1 fully saturated rings. The van der Waals surface area contributed by atoms with Crippen LogP contribution < -0.4 is 5.32 Å². The van der Waals surface area contributed by atoms with E-state index < -0.39 is 5.60 Å². The van der Waals surface area contributed by atoms with Crippen molar-refractivity contribution in [1.82, 2.24) is 20.0 Å². The predicted molar refractivity (Wildman–Crippen MR) is 86.3 cm³/mol. The van der Waals surface area contributed by atoms with Gasteiger partial charge in [-0.2, -0.15) is 5.10 Å². The first kappa shape index (κ1) is 17.5. The third-order valence-electron chi connectivity index (χ3n) is 4.30. The predicted octanol–water partition coefficient (Wildman–Crippen LogP) is 0.887. The average Bonchev–Trinajstić information content (AvgIpc) is 2.80. The van der Waals surface area contributed by atoms with Crippen molar-refractivity contribution >= 4 is 11.8 Å². The Balaban J connectivity index is 2.25. The monoisotopic (exact) mass is 322 g/mol. The lowest BCUT2D eigenvalue weighted by atomic mass is 10.0. The number of nitrogens with zero attached hydrogens (tertiary/aromatic N) is 3. The van der Waals surface area contributed by atoms with E-state index in [4.69, 9.17) is 4.74 Å². The molecule has 128 valence electrons. The molecule has 0 aromatic carbocycles. The largest absolute Gasteiger partial charge is 0.362 e. The summed E-state index contributed by atoms with van der Waals surface area (Å²) in [5.41, 5.74) is 1.24. The summed E-state index contributed by atoms with van der Waals surface area (Å²) in [6.45, 7) is 9.41. The maximum Gasteiger partial charge on any atom is 0.257 e. The van der Waals surface area contributed by atoms with Crippen LogP contribution in [-0.4, -0.2) is 58.8 Å². The number of nitrogens with one attached hydrogen (secondary N) is 1. The second-order valence-corrected chi connectivity index (χ2v) is 6.15. The van der Waals surface area contributed by atoms with E-state index in [1.54, 1.807) is 18.9 Å². The first-order chi connectivity index (χ1) is 10.8. The first-order valence-corrected chi connectivity index (χ1v) is 8.03. The zero-order valence-corrected chi connectivity index (χ0v) is 14.6. The summed E-state index contributed by atoms with van der Waals surface area (Å²) in [4.78, 5) is 26.7. The standard InChI is InChI=1S/C16H26N4O3/c1-6-7-20-12(3)13(11(2)18-20)14(21)19-8-9-23-16(4,10-19)15(22)17-5/h6-10H2,1-5H3,(H,17,22)/t16-/m0/s1. The highest BCUT2D eigenvalue weighted by Gasteiger charge is 2.41. The molecule has 0 bridgehead atoms. The van der Waals surface area contributed by atoms with E-state index in [0.717, 1.165) is 24.4 Å². The summed E-state index contributed by atoms with van der Waals surface area (Å²) >= 11 is 0. The molecule has 2 rings (SSSR count). The van der Waals surface area contributed by atoms with Gasteiger partial charge in [0.15, 0.2) is 5.60 Å². The van der Waals surface area contributed by atoms with Crippen LogP contribution in [0, 0.1) is 13.8 Å². The van der Waals surface area contributed by atoms with Gasteiger partial charge in [-0.3, -0.25) is 14.3 Å². The fourth-order valence-electron chi connectivity index (χ4n) is 3.04. The number of likely N-dealkylation sites (N-methyl/N-ethyl adjacent to an activating group) is 1. The number of carbonyl (C=O) groups is 2. The quantitative estimate of drug-likeness (QED) is 0.893. The summed E-state index contributed by atoms with van der Waals surface area (Å²) in [7, 11) is 1.57. The molecule has 0 radical (unpaired) electrons. The molecular weight excluding hydrogens is 296 g/mol. The topological polar surface area (TPSA) is 76.5 Å². The summed E-state index contributed by atoms with van der Waals surface area (Å²) in [6, 6.07) is 0. The van der Waals surface area contributed by atoms with Crippen molar-refractivity contribution in [3.05, 3.63) is 17.0 Å². The molecule has 0 spiro atoms. The molecular formula is C16H26N4O3. The number of hydrogen-bond donors (Lipinski definition) is 1. The van der Waals surface area contributed by atoms with Gasteiger partial charge in [-0.05, 0) is 27.2 Å². The summed E-state index contributed by atoms with van der Waals surface area (Å²) < 4.78 is 7.49. The maximum absolute atomic E-state index is 12.9. The van der Waals surface area contributed by atoms with Gasteiger partial charge in [0.1, 0.15) is 0 Å². The van der Waals surface area contributed by atoms with Crippen LogP contribution in [0.5, 0.6) is 0 Å². The molecule has 0 unspecified atom stereocenters. The number of carbonyl (C=O) groups excluding carboxylic acids is 2. The highest BCUT2D eigenvalue weighted by molar-refractivity contribution is 5.97. The molecule has 1 aromatic rings. The van der Waals surface area contributed by atoms with Gasteiger partial charge < -0.3 is 15.0 Å². The van der Waals surface area contributed by atoms with Crippen LogP contribution in [0.3, 0.4) is 0 Å². The van der Waals surface area contributed by atoms with Gasteiger partial charge >= 0.3 is 0 Å². The van der Waals surface area contributed by atoms with Crippen molar-refractivity contribution in [3.8, 4) is 0 Å². The Bertz CT molecular complexity index is 611. The minimum Gasteiger partial charge on any atom is -0.362 e. The summed E-state index contributed by atoms with van der Waals surface area (Å²) in [5, 5.41) is 7.06. The molecule has 2 amide bonds. The molecule has 1 saturated heterocycles. The lowest BCUT2D eigenvalue weighted by Crippen LogP contribution is -2.58. The van der Waals surface area contributed by atoms with E-state index in [-0.39, 0.29) is 18.4 Å². The number of aryl methyl sites for hydroxylation is 2. The Kier molecular flexibility index (Phi) is 5.09. The number of morpholine rings is 1. The zero-order chi connectivity index (χ0) is 17.2. The van der Waals surface area contributed by atoms with E-state index in [0.29, 0.717) is 18.7 Å². The number of amides is 2. The van der Waals surface area contributed by atoms with E-state index in [1.165, 1.54) is 0 Å². The molecule has 1 aromatic heterocycles. The Morgan fingerprint density at radius 1 is 1.39 bits per heavy atom. The summed E-state index contributed by atoms with van der Waals surface area (Å²) in [6.07, 6.45) is 0.960. The molecule has 2 heterocycles. The molecule has 7 nitrogen and oxygen atoms in total. The average molecular weight is 322 g/mol. The molecule has 7 heteroatoms. The van der Waals surface area contributed by atoms with Crippen LogP contribution in [0.25, 0.3) is 0 Å². The first-order valence-electron chi connectivity index (χ1n) is 8.03. The van der Waals surface area contributed by atoms with Gasteiger partial charge in [0.05, 0.1) is 24.4 Å². The minimum absolute atomic E-state index is 0.0826. The third-order valence-corrected chi connectivity index (χ3v) is 4.30. The van der Waals surface area contributed by atoms with Crippen molar-refractivity contribution in [3.63, 3.8) is 0 Å². The fraction of sp³-hybridized carbons (Fsp3) is 0.688. The molecule has 1 N–H and O–H groups in total. The van der Waals surface area contributed by atoms with Crippen molar-refractivity contribution in [2.75, 3.05) is 26.7 Å². The molecule has 0 saturated carbocycles. The number of hydrogen-bond acceptors (Lipinski definition) is 4. The van der Waals surface area contributed by atoms with Crippen molar-refractivity contribution in [1.29, 1.82) is 0 Å². The Hall–Kier alpha value is -1.89. The Labute approximate surface area is 137 Å². The normalized spacial score (nSPS) is 21.3. The van der Waals surface area contributed by atoms with Crippen molar-refractivity contribution in [2.45, 2.75) is 46.3 Å². The Morgan fingerprint density at radius 2 is 2.09 bits per heavy atom. The lowest BCUT2D eigenvalue weighted by molar-refractivity contribution is -0.153. The van der Waals surface area contributed by atoms with Gasteiger partial charge in [-0.25, -0.2) is 0 Å². The highest BCUT2D eigenvalue weighted by Crippen LogP contribution is 2.22. The highest BCUT2D eigenvalue weighted by atomic mass is 16.5. The molecule has 23 heavy (non-hydrogen) atoms. The number of ether oxygens (including phenoxy) is 1. The van der Waals surface area contributed by atoms with Crippen LogP contribution in [0.4, 0.5) is 0 Å². The SMILES string of the molecule is CCCn1nc(C)c(C(=O)N2CCO[C@](C)(C(=O)NC)C2)c1C. The second-order valence-electron chi connectivity index (χ2n) is 6.15. The van der Waals surface area contributed by atoms with Gasteiger partial charge in [-0.1, -0.05) is 6.92 Å². The van der Waals surface area contributed by atoms with E-state index in [1.807, 2.05) is 18.5 Å². The summed E-state index contributed by atoms with van der Waals surface area (Å²) in [5.74, 6) is -0.300. The third kappa shape index (κ3) is 3.24. The van der Waals surface area contributed by atoms with Crippen molar-refractivity contribution < 1.29 is 14.3 Å². The lowest BCUT2D eigenvalue weighted by Gasteiger charge is -2.39. The Morgan fingerprint density at radius 3 is 2.70 bits per heavy atom. The van der Waals surface area contributed by atoms with Crippen molar-refractivity contribution in [2.24, 2.45) is 0 Å². The van der Waals surface area contributed by atoms with E-state index in [9.17, 15) is 9.59 Å². The molecule has 1 atom stereocenters. The number of rotatable bonds is 4. The van der Waals surface area contributed by atoms with E-state index in [2.05, 4.69) is 17.3 Å². The fourth-order valence-corrected chi connectivity index (χ4v) is 3.04. The van der Waals surface area contributed by atoms with Gasteiger partial charge in [-0.15, -0.1) is 0 Å². The molecule has 0 aliphatic carbocycles. The second kappa shape index (κ2) is 6.70. The zero-order valence-electron chi connectivity index (χ0n) is 14.6. The van der Waals surface area contributed by atoms with Crippen LogP contribution in [0.2, 0.25) is 0 Å². The minimum atomic E-state index is -1.01. The molecule has 1 aliphatic heterocycles. The van der Waals surface area contributed by atoms with E-state index >= 15 is 0 Å². The van der Waals surface area contributed by atoms with Gasteiger partial charge in [0, 0.05) is 25.8 Å². The van der Waals surface area contributed by atoms with Crippen LogP contribution >= 0.6 is 0 Å². The van der Waals surface area contributed by atoms with Gasteiger partial charge in [0.25, 0.3) is 11.8 Å². The molecule has 1 aliphatic rings. The van der Waals surface area contributed by atoms with Gasteiger partial charge in [0.2, 0.25) is 0 Å². The van der Waals surface area contributed by atoms with Crippen LogP contribution in [0.1, 0.15) is 42.0 Å². The van der Waals surface area contributed by atoms with Crippen LogP contribution in [-0.2, 0) is 16.1 Å².